The standard InChI is InChI=1S/C12H14ClFN2/c1-8(2)16-12(3,7-15)10-5-4-9(14)6-11(10)13/h4-6,8,16H,1-3H3. The first-order chi connectivity index (χ1) is 7.39. The van der Waals surface area contributed by atoms with Crippen molar-refractivity contribution in [2.24, 2.45) is 0 Å². The van der Waals surface area contributed by atoms with E-state index in [1.165, 1.54) is 18.2 Å². The minimum atomic E-state index is -0.904. The van der Waals surface area contributed by atoms with Gasteiger partial charge >= 0.3 is 0 Å². The number of rotatable bonds is 3. The normalized spacial score (nSPS) is 14.6. The fourth-order valence-corrected chi connectivity index (χ4v) is 2.00. The van der Waals surface area contributed by atoms with Gasteiger partial charge in [0.2, 0.25) is 0 Å². The van der Waals surface area contributed by atoms with Crippen LogP contribution in [0.4, 0.5) is 4.39 Å². The highest BCUT2D eigenvalue weighted by molar-refractivity contribution is 6.31. The van der Waals surface area contributed by atoms with Crippen LogP contribution in [0.25, 0.3) is 0 Å². The molecule has 0 heterocycles. The highest BCUT2D eigenvalue weighted by Crippen LogP contribution is 2.28. The molecule has 1 rings (SSSR count). The zero-order chi connectivity index (χ0) is 12.3. The maximum atomic E-state index is 12.9. The maximum absolute atomic E-state index is 12.9. The molecule has 16 heavy (non-hydrogen) atoms. The van der Waals surface area contributed by atoms with Crippen LogP contribution in [0.2, 0.25) is 5.02 Å². The van der Waals surface area contributed by atoms with E-state index in [1.807, 2.05) is 13.8 Å². The van der Waals surface area contributed by atoms with E-state index in [-0.39, 0.29) is 11.1 Å². The van der Waals surface area contributed by atoms with E-state index in [2.05, 4.69) is 11.4 Å². The molecule has 0 saturated heterocycles. The first-order valence-corrected chi connectivity index (χ1v) is 5.41. The molecule has 0 spiro atoms. The summed E-state index contributed by atoms with van der Waals surface area (Å²) in [7, 11) is 0. The van der Waals surface area contributed by atoms with E-state index in [9.17, 15) is 9.65 Å². The zero-order valence-corrected chi connectivity index (χ0v) is 10.3. The van der Waals surface area contributed by atoms with Gasteiger partial charge in [0.1, 0.15) is 11.4 Å². The first-order valence-electron chi connectivity index (χ1n) is 5.03. The van der Waals surface area contributed by atoms with E-state index in [1.54, 1.807) is 6.92 Å². The average Bonchev–Trinajstić information content (AvgIpc) is 2.16. The fraction of sp³-hybridized carbons (Fsp3) is 0.417. The van der Waals surface area contributed by atoms with Crippen LogP contribution in [-0.4, -0.2) is 6.04 Å². The van der Waals surface area contributed by atoms with Crippen molar-refractivity contribution >= 4 is 11.6 Å². The second kappa shape index (κ2) is 4.82. The lowest BCUT2D eigenvalue weighted by Crippen LogP contribution is -2.42. The number of nitrogens with zero attached hydrogens (tertiary/aromatic N) is 1. The van der Waals surface area contributed by atoms with Crippen LogP contribution < -0.4 is 5.32 Å². The maximum Gasteiger partial charge on any atom is 0.131 e. The van der Waals surface area contributed by atoms with E-state index < -0.39 is 11.4 Å². The molecule has 1 N–H and O–H groups in total. The number of nitrogens with one attached hydrogen (secondary N) is 1. The Bertz CT molecular complexity index is 426. The van der Waals surface area contributed by atoms with Gasteiger partial charge in [0.15, 0.2) is 0 Å². The number of hydrogen-bond donors (Lipinski definition) is 1. The predicted octanol–water partition coefficient (Wildman–Crippen LogP) is 3.22. The Morgan fingerprint density at radius 2 is 2.12 bits per heavy atom. The number of benzene rings is 1. The highest BCUT2D eigenvalue weighted by Gasteiger charge is 2.29. The minimum Gasteiger partial charge on any atom is -0.294 e. The lowest BCUT2D eigenvalue weighted by atomic mass is 9.92. The van der Waals surface area contributed by atoms with Gasteiger partial charge in [-0.15, -0.1) is 0 Å². The van der Waals surface area contributed by atoms with Crippen molar-refractivity contribution in [2.75, 3.05) is 0 Å². The third kappa shape index (κ3) is 2.72. The summed E-state index contributed by atoms with van der Waals surface area (Å²) in [5.41, 5.74) is -0.314. The van der Waals surface area contributed by atoms with Gasteiger partial charge in [-0.1, -0.05) is 17.7 Å². The van der Waals surface area contributed by atoms with Crippen LogP contribution in [-0.2, 0) is 5.54 Å². The van der Waals surface area contributed by atoms with Gasteiger partial charge in [0.25, 0.3) is 0 Å². The Hall–Kier alpha value is -1.11. The Balaban J connectivity index is 3.19. The van der Waals surface area contributed by atoms with Crippen molar-refractivity contribution in [1.29, 1.82) is 5.26 Å². The highest BCUT2D eigenvalue weighted by atomic mass is 35.5. The van der Waals surface area contributed by atoms with Crippen molar-refractivity contribution in [3.63, 3.8) is 0 Å². The third-order valence-corrected chi connectivity index (χ3v) is 2.58. The van der Waals surface area contributed by atoms with Crippen LogP contribution in [0.5, 0.6) is 0 Å². The second-order valence-corrected chi connectivity index (χ2v) is 4.57. The number of nitriles is 1. The Kier molecular flexibility index (Phi) is 3.90. The summed E-state index contributed by atoms with van der Waals surface area (Å²) in [6, 6.07) is 6.36. The van der Waals surface area contributed by atoms with E-state index in [0.29, 0.717) is 5.56 Å². The monoisotopic (exact) mass is 240 g/mol. The molecule has 0 aliphatic heterocycles. The van der Waals surface area contributed by atoms with Gasteiger partial charge in [0, 0.05) is 16.6 Å². The van der Waals surface area contributed by atoms with Gasteiger partial charge in [-0.3, -0.25) is 5.32 Å². The molecule has 1 aromatic rings. The summed E-state index contributed by atoms with van der Waals surface area (Å²) in [5.74, 6) is -0.404. The molecule has 86 valence electrons. The molecular formula is C12H14ClFN2. The van der Waals surface area contributed by atoms with E-state index in [4.69, 9.17) is 11.6 Å². The summed E-state index contributed by atoms with van der Waals surface area (Å²) in [6.07, 6.45) is 0. The number of halogens is 2. The van der Waals surface area contributed by atoms with Crippen LogP contribution >= 0.6 is 11.6 Å². The Labute approximate surface area is 100 Å². The smallest absolute Gasteiger partial charge is 0.131 e. The molecule has 0 saturated carbocycles. The molecule has 0 radical (unpaired) electrons. The molecule has 0 aromatic heterocycles. The molecule has 0 bridgehead atoms. The van der Waals surface area contributed by atoms with Crippen molar-refractivity contribution in [2.45, 2.75) is 32.4 Å². The molecule has 0 aliphatic rings. The Morgan fingerprint density at radius 1 is 1.50 bits per heavy atom. The van der Waals surface area contributed by atoms with E-state index in [0.717, 1.165) is 0 Å². The molecule has 4 heteroatoms. The molecule has 0 aliphatic carbocycles. The van der Waals surface area contributed by atoms with E-state index >= 15 is 0 Å². The van der Waals surface area contributed by atoms with Crippen molar-refractivity contribution in [1.82, 2.24) is 5.32 Å². The summed E-state index contributed by atoms with van der Waals surface area (Å²) in [4.78, 5) is 0. The average molecular weight is 241 g/mol. The lowest BCUT2D eigenvalue weighted by Gasteiger charge is -2.27. The minimum absolute atomic E-state index is 0.130. The van der Waals surface area contributed by atoms with Crippen LogP contribution in [0, 0.1) is 17.1 Å². The summed E-state index contributed by atoms with van der Waals surface area (Å²) < 4.78 is 12.9. The van der Waals surface area contributed by atoms with Crippen LogP contribution in [0.1, 0.15) is 26.3 Å². The summed E-state index contributed by atoms with van der Waals surface area (Å²) in [6.45, 7) is 5.60. The van der Waals surface area contributed by atoms with Gasteiger partial charge < -0.3 is 0 Å². The Morgan fingerprint density at radius 3 is 2.56 bits per heavy atom. The second-order valence-electron chi connectivity index (χ2n) is 4.16. The molecular weight excluding hydrogens is 227 g/mol. The topological polar surface area (TPSA) is 35.8 Å². The zero-order valence-electron chi connectivity index (χ0n) is 9.51. The number of hydrogen-bond acceptors (Lipinski definition) is 2. The SMILES string of the molecule is CC(C)NC(C)(C#N)c1ccc(F)cc1Cl. The van der Waals surface area contributed by atoms with Gasteiger partial charge in [-0.25, -0.2) is 4.39 Å². The van der Waals surface area contributed by atoms with Gasteiger partial charge in [-0.2, -0.15) is 5.26 Å². The fourth-order valence-electron chi connectivity index (χ4n) is 1.64. The predicted molar refractivity (Wildman–Crippen MR) is 62.6 cm³/mol. The van der Waals surface area contributed by atoms with Crippen molar-refractivity contribution in [3.05, 3.63) is 34.6 Å². The quantitative estimate of drug-likeness (QED) is 0.881. The molecule has 1 atom stereocenters. The van der Waals surface area contributed by atoms with Crippen molar-refractivity contribution < 1.29 is 4.39 Å². The molecule has 0 amide bonds. The third-order valence-electron chi connectivity index (χ3n) is 2.27. The molecule has 2 nitrogen and oxygen atoms in total. The van der Waals surface area contributed by atoms with Gasteiger partial charge in [-0.05, 0) is 32.9 Å². The summed E-state index contributed by atoms with van der Waals surface area (Å²) >= 11 is 5.95. The summed E-state index contributed by atoms with van der Waals surface area (Å²) in [5, 5.41) is 12.6. The van der Waals surface area contributed by atoms with Crippen LogP contribution in [0.3, 0.4) is 0 Å². The van der Waals surface area contributed by atoms with Crippen LogP contribution in [0.15, 0.2) is 18.2 Å². The molecule has 1 aromatic carbocycles. The lowest BCUT2D eigenvalue weighted by molar-refractivity contribution is 0.418. The largest absolute Gasteiger partial charge is 0.294 e. The van der Waals surface area contributed by atoms with Crippen molar-refractivity contribution in [3.8, 4) is 6.07 Å². The van der Waals surface area contributed by atoms with Gasteiger partial charge in [0.05, 0.1) is 6.07 Å². The first kappa shape index (κ1) is 13.0. The molecule has 1 unspecified atom stereocenters. The molecule has 0 fully saturated rings.